The molecule has 0 saturated carbocycles. The van der Waals surface area contributed by atoms with Gasteiger partial charge in [0.05, 0.1) is 0 Å². The van der Waals surface area contributed by atoms with Crippen LogP contribution in [0.2, 0.25) is 0 Å². The molecule has 0 amide bonds. The summed E-state index contributed by atoms with van der Waals surface area (Å²) in [5, 5.41) is 4.28. The molecule has 0 heterocycles. The molecule has 0 radical (unpaired) electrons. The number of hydrogen-bond acceptors (Lipinski definition) is 1. The molecule has 0 aliphatic rings. The third kappa shape index (κ3) is 6.71. The van der Waals surface area contributed by atoms with Crippen LogP contribution in [0.15, 0.2) is 60.7 Å². The van der Waals surface area contributed by atoms with Crippen molar-refractivity contribution in [3.05, 3.63) is 71.8 Å². The minimum absolute atomic E-state index is 0.591. The Balaban J connectivity index is 1.93. The van der Waals surface area contributed by atoms with Gasteiger partial charge in [0, 0.05) is 19.6 Å². The Bertz CT molecular complexity index is 552. The molecule has 2 nitrogen and oxygen atoms in total. The standard InChI is InChI=1S/C21H28N2S/c1-18(2)17-22-21(24)23(15-13-19-9-5-3-6-10-19)16-14-20-11-7-4-8-12-20/h3-12,18H,13-17H2,1-2H3,(H,22,24). The van der Waals surface area contributed by atoms with Crippen LogP contribution in [0.4, 0.5) is 0 Å². The van der Waals surface area contributed by atoms with Crippen molar-refractivity contribution in [1.29, 1.82) is 0 Å². The predicted molar refractivity (Wildman–Crippen MR) is 107 cm³/mol. The normalized spacial score (nSPS) is 10.6. The average Bonchev–Trinajstić information content (AvgIpc) is 2.61. The van der Waals surface area contributed by atoms with Crippen molar-refractivity contribution in [2.45, 2.75) is 26.7 Å². The van der Waals surface area contributed by atoms with Crippen LogP contribution in [0, 0.1) is 5.92 Å². The minimum Gasteiger partial charge on any atom is -0.362 e. The Kier molecular flexibility index (Phi) is 7.76. The molecule has 0 saturated heterocycles. The zero-order valence-electron chi connectivity index (χ0n) is 14.7. The monoisotopic (exact) mass is 340 g/mol. The Morgan fingerprint density at radius 1 is 0.875 bits per heavy atom. The first-order chi connectivity index (χ1) is 11.6. The predicted octanol–water partition coefficient (Wildman–Crippen LogP) is 4.30. The first-order valence-electron chi connectivity index (χ1n) is 8.76. The lowest BCUT2D eigenvalue weighted by atomic mass is 10.1. The van der Waals surface area contributed by atoms with Crippen LogP contribution >= 0.6 is 12.2 Å². The molecule has 2 aromatic carbocycles. The van der Waals surface area contributed by atoms with Crippen molar-refractivity contribution in [3.63, 3.8) is 0 Å². The molecule has 0 aromatic heterocycles. The summed E-state index contributed by atoms with van der Waals surface area (Å²) >= 11 is 5.64. The van der Waals surface area contributed by atoms with E-state index < -0.39 is 0 Å². The molecule has 24 heavy (non-hydrogen) atoms. The van der Waals surface area contributed by atoms with Gasteiger partial charge in [-0.1, -0.05) is 74.5 Å². The molecule has 0 aliphatic heterocycles. The van der Waals surface area contributed by atoms with E-state index in [4.69, 9.17) is 12.2 Å². The summed E-state index contributed by atoms with van der Waals surface area (Å²) in [5.74, 6) is 0.591. The molecule has 0 spiro atoms. The fourth-order valence-corrected chi connectivity index (χ4v) is 2.80. The highest BCUT2D eigenvalue weighted by atomic mass is 32.1. The highest BCUT2D eigenvalue weighted by molar-refractivity contribution is 7.80. The van der Waals surface area contributed by atoms with E-state index in [1.165, 1.54) is 11.1 Å². The number of hydrogen-bond donors (Lipinski definition) is 1. The molecular formula is C21H28N2S. The van der Waals surface area contributed by atoms with Crippen LogP contribution in [0.25, 0.3) is 0 Å². The highest BCUT2D eigenvalue weighted by Gasteiger charge is 2.10. The average molecular weight is 341 g/mol. The summed E-state index contributed by atoms with van der Waals surface area (Å²) in [6.45, 7) is 7.22. The fourth-order valence-electron chi connectivity index (χ4n) is 2.54. The molecule has 0 atom stereocenters. The largest absolute Gasteiger partial charge is 0.362 e. The molecule has 128 valence electrons. The van der Waals surface area contributed by atoms with E-state index in [1.54, 1.807) is 0 Å². The van der Waals surface area contributed by atoms with Gasteiger partial charge < -0.3 is 10.2 Å². The number of thiocarbonyl (C=S) groups is 1. The van der Waals surface area contributed by atoms with Crippen molar-refractivity contribution in [2.24, 2.45) is 5.92 Å². The van der Waals surface area contributed by atoms with Gasteiger partial charge in [0.15, 0.2) is 5.11 Å². The van der Waals surface area contributed by atoms with Crippen LogP contribution in [-0.4, -0.2) is 29.6 Å². The molecule has 3 heteroatoms. The number of rotatable bonds is 8. The lowest BCUT2D eigenvalue weighted by Crippen LogP contribution is -2.43. The Morgan fingerprint density at radius 2 is 1.33 bits per heavy atom. The maximum atomic E-state index is 5.64. The summed E-state index contributed by atoms with van der Waals surface area (Å²) in [6.07, 6.45) is 2.03. The SMILES string of the molecule is CC(C)CNC(=S)N(CCc1ccccc1)CCc1ccccc1. The van der Waals surface area contributed by atoms with Gasteiger partial charge in [0.1, 0.15) is 0 Å². The molecule has 2 rings (SSSR count). The van der Waals surface area contributed by atoms with E-state index in [0.29, 0.717) is 5.92 Å². The zero-order valence-corrected chi connectivity index (χ0v) is 15.6. The summed E-state index contributed by atoms with van der Waals surface area (Å²) in [5.41, 5.74) is 2.71. The maximum absolute atomic E-state index is 5.64. The van der Waals surface area contributed by atoms with E-state index in [9.17, 15) is 0 Å². The Hall–Kier alpha value is -1.87. The van der Waals surface area contributed by atoms with Crippen molar-refractivity contribution in [3.8, 4) is 0 Å². The molecule has 0 fully saturated rings. The number of benzene rings is 2. The molecule has 0 aliphatic carbocycles. The number of nitrogens with one attached hydrogen (secondary N) is 1. The van der Waals surface area contributed by atoms with Gasteiger partial charge in [-0.2, -0.15) is 0 Å². The zero-order chi connectivity index (χ0) is 17.2. The second-order valence-corrected chi connectivity index (χ2v) is 6.92. The summed E-state index contributed by atoms with van der Waals surface area (Å²) in [4.78, 5) is 2.30. The van der Waals surface area contributed by atoms with Gasteiger partial charge in [-0.25, -0.2) is 0 Å². The molecule has 1 N–H and O–H groups in total. The van der Waals surface area contributed by atoms with Crippen LogP contribution in [0.1, 0.15) is 25.0 Å². The summed E-state index contributed by atoms with van der Waals surface area (Å²) in [7, 11) is 0. The van der Waals surface area contributed by atoms with Crippen molar-refractivity contribution >= 4 is 17.3 Å². The summed E-state index contributed by atoms with van der Waals surface area (Å²) in [6, 6.07) is 21.2. The lowest BCUT2D eigenvalue weighted by Gasteiger charge is -2.26. The second-order valence-electron chi connectivity index (χ2n) is 6.54. The van der Waals surface area contributed by atoms with E-state index in [1.807, 2.05) is 0 Å². The molecular weight excluding hydrogens is 312 g/mol. The van der Waals surface area contributed by atoms with Gasteiger partial charge >= 0.3 is 0 Å². The first kappa shape index (κ1) is 18.5. The quantitative estimate of drug-likeness (QED) is 0.721. The minimum atomic E-state index is 0.591. The van der Waals surface area contributed by atoms with Crippen LogP contribution in [-0.2, 0) is 12.8 Å². The van der Waals surface area contributed by atoms with E-state index >= 15 is 0 Å². The van der Waals surface area contributed by atoms with Crippen molar-refractivity contribution in [1.82, 2.24) is 10.2 Å². The number of nitrogens with zero attached hydrogens (tertiary/aromatic N) is 1. The Labute approximate surface area is 151 Å². The van der Waals surface area contributed by atoms with E-state index in [0.717, 1.165) is 37.6 Å². The second kappa shape index (κ2) is 10.1. The van der Waals surface area contributed by atoms with Crippen LogP contribution < -0.4 is 5.32 Å². The van der Waals surface area contributed by atoms with Gasteiger partial charge in [-0.15, -0.1) is 0 Å². The van der Waals surface area contributed by atoms with Crippen LogP contribution in [0.5, 0.6) is 0 Å². The smallest absolute Gasteiger partial charge is 0.168 e. The van der Waals surface area contributed by atoms with E-state index in [-0.39, 0.29) is 0 Å². The molecule has 2 aromatic rings. The fraction of sp³-hybridized carbons (Fsp3) is 0.381. The van der Waals surface area contributed by atoms with E-state index in [2.05, 4.69) is 84.7 Å². The highest BCUT2D eigenvalue weighted by Crippen LogP contribution is 2.06. The van der Waals surface area contributed by atoms with Crippen molar-refractivity contribution in [2.75, 3.05) is 19.6 Å². The van der Waals surface area contributed by atoms with Crippen LogP contribution in [0.3, 0.4) is 0 Å². The topological polar surface area (TPSA) is 15.3 Å². The lowest BCUT2D eigenvalue weighted by molar-refractivity contribution is 0.415. The molecule has 0 unspecified atom stereocenters. The Morgan fingerprint density at radius 3 is 1.75 bits per heavy atom. The maximum Gasteiger partial charge on any atom is 0.168 e. The van der Waals surface area contributed by atoms with Crippen molar-refractivity contribution < 1.29 is 0 Å². The van der Waals surface area contributed by atoms with Gasteiger partial charge in [0.2, 0.25) is 0 Å². The van der Waals surface area contributed by atoms with Gasteiger partial charge in [0.25, 0.3) is 0 Å². The van der Waals surface area contributed by atoms with Gasteiger partial charge in [-0.3, -0.25) is 0 Å². The molecule has 0 bridgehead atoms. The first-order valence-corrected chi connectivity index (χ1v) is 9.16. The summed E-state index contributed by atoms with van der Waals surface area (Å²) < 4.78 is 0. The third-order valence-corrected chi connectivity index (χ3v) is 4.38. The third-order valence-electron chi connectivity index (χ3n) is 3.98. The van der Waals surface area contributed by atoms with Gasteiger partial charge in [-0.05, 0) is 42.1 Å².